The van der Waals surface area contributed by atoms with Crippen LogP contribution in [-0.2, 0) is 0 Å². The third-order valence-electron chi connectivity index (χ3n) is 5.75. The number of anilines is 1. The molecule has 2 aliphatic heterocycles. The fraction of sp³-hybridized carbons (Fsp3) is 0.348. The third kappa shape index (κ3) is 3.68. The monoisotopic (exact) mass is 391 g/mol. The fourth-order valence-corrected chi connectivity index (χ4v) is 4.01. The highest BCUT2D eigenvalue weighted by molar-refractivity contribution is 6.35. The van der Waals surface area contributed by atoms with Gasteiger partial charge in [-0.2, -0.15) is 0 Å². The number of nitrogens with one attached hydrogen (secondary N) is 2. The molecule has 6 nitrogen and oxygen atoms in total. The quantitative estimate of drug-likeness (QED) is 0.769. The Morgan fingerprint density at radius 3 is 2.66 bits per heavy atom. The minimum absolute atomic E-state index is 0.218. The van der Waals surface area contributed by atoms with Crippen LogP contribution in [0.2, 0.25) is 0 Å². The maximum atomic E-state index is 13.0. The first kappa shape index (κ1) is 19.3. The second-order valence-corrected chi connectivity index (χ2v) is 7.90. The molecule has 29 heavy (non-hydrogen) atoms. The SMILES string of the molecule is Cc1ccc(C)c(N2C(=O)c3ccc(C(=O)NCCC4CCNC4)cc3C2=O)c1. The summed E-state index contributed by atoms with van der Waals surface area (Å²) >= 11 is 0. The molecule has 0 bridgehead atoms. The smallest absolute Gasteiger partial charge is 0.266 e. The van der Waals surface area contributed by atoms with E-state index in [1.54, 1.807) is 12.1 Å². The molecule has 1 fully saturated rings. The predicted molar refractivity (Wildman–Crippen MR) is 111 cm³/mol. The molecule has 3 amide bonds. The molecule has 2 aromatic rings. The average Bonchev–Trinajstić information content (AvgIpc) is 3.31. The van der Waals surface area contributed by atoms with E-state index in [4.69, 9.17) is 0 Å². The van der Waals surface area contributed by atoms with E-state index in [0.717, 1.165) is 37.1 Å². The second kappa shape index (κ2) is 7.79. The van der Waals surface area contributed by atoms with E-state index < -0.39 is 0 Å². The molecule has 1 saturated heterocycles. The summed E-state index contributed by atoms with van der Waals surface area (Å²) in [4.78, 5) is 39.6. The van der Waals surface area contributed by atoms with Crippen molar-refractivity contribution in [2.24, 2.45) is 5.92 Å². The van der Waals surface area contributed by atoms with Crippen LogP contribution in [0.15, 0.2) is 36.4 Å². The van der Waals surface area contributed by atoms with E-state index in [9.17, 15) is 14.4 Å². The zero-order chi connectivity index (χ0) is 20.5. The molecule has 0 spiro atoms. The van der Waals surface area contributed by atoms with Gasteiger partial charge < -0.3 is 10.6 Å². The van der Waals surface area contributed by atoms with Gasteiger partial charge in [0.2, 0.25) is 0 Å². The molecule has 0 radical (unpaired) electrons. The van der Waals surface area contributed by atoms with Crippen LogP contribution in [0.3, 0.4) is 0 Å². The van der Waals surface area contributed by atoms with Crippen LogP contribution < -0.4 is 15.5 Å². The Kier molecular flexibility index (Phi) is 5.20. The van der Waals surface area contributed by atoms with Crippen LogP contribution >= 0.6 is 0 Å². The maximum absolute atomic E-state index is 13.0. The highest BCUT2D eigenvalue weighted by Gasteiger charge is 2.37. The molecule has 0 aliphatic carbocycles. The van der Waals surface area contributed by atoms with Crippen molar-refractivity contribution in [3.63, 3.8) is 0 Å². The lowest BCUT2D eigenvalue weighted by Gasteiger charge is -2.17. The molecule has 1 atom stereocenters. The number of rotatable bonds is 5. The largest absolute Gasteiger partial charge is 0.352 e. The van der Waals surface area contributed by atoms with Crippen molar-refractivity contribution in [2.75, 3.05) is 24.5 Å². The van der Waals surface area contributed by atoms with E-state index in [0.29, 0.717) is 29.3 Å². The van der Waals surface area contributed by atoms with Crippen molar-refractivity contribution in [3.8, 4) is 0 Å². The standard InChI is InChI=1S/C23H25N3O3/c1-14-3-4-15(2)20(11-14)26-22(28)18-6-5-17(12-19(18)23(26)29)21(27)25-10-8-16-7-9-24-13-16/h3-6,11-12,16,24H,7-10,13H2,1-2H3,(H,25,27). The van der Waals surface area contributed by atoms with Gasteiger partial charge in [0.05, 0.1) is 16.8 Å². The van der Waals surface area contributed by atoms with E-state index in [2.05, 4.69) is 10.6 Å². The molecule has 0 saturated carbocycles. The Morgan fingerprint density at radius 1 is 1.10 bits per heavy atom. The van der Waals surface area contributed by atoms with Gasteiger partial charge in [0.15, 0.2) is 0 Å². The minimum atomic E-state index is -0.384. The number of imide groups is 1. The van der Waals surface area contributed by atoms with Crippen molar-refractivity contribution < 1.29 is 14.4 Å². The zero-order valence-corrected chi connectivity index (χ0v) is 16.7. The molecule has 2 aliphatic rings. The lowest BCUT2D eigenvalue weighted by Crippen LogP contribution is -2.30. The van der Waals surface area contributed by atoms with E-state index in [1.807, 2.05) is 32.0 Å². The van der Waals surface area contributed by atoms with Crippen LogP contribution in [0.1, 0.15) is 55.0 Å². The summed E-state index contributed by atoms with van der Waals surface area (Å²) in [6.45, 7) is 6.43. The summed E-state index contributed by atoms with van der Waals surface area (Å²) in [5.74, 6) is -0.352. The van der Waals surface area contributed by atoms with Crippen molar-refractivity contribution in [1.82, 2.24) is 10.6 Å². The van der Waals surface area contributed by atoms with Gasteiger partial charge >= 0.3 is 0 Å². The first-order chi connectivity index (χ1) is 14.0. The molecule has 2 heterocycles. The van der Waals surface area contributed by atoms with E-state index in [1.165, 1.54) is 11.0 Å². The second-order valence-electron chi connectivity index (χ2n) is 7.90. The number of fused-ring (bicyclic) bond motifs is 1. The number of carbonyl (C=O) groups excluding carboxylic acids is 3. The summed E-state index contributed by atoms with van der Waals surface area (Å²) < 4.78 is 0. The Morgan fingerprint density at radius 2 is 1.90 bits per heavy atom. The van der Waals surface area contributed by atoms with Crippen LogP contribution in [0.5, 0.6) is 0 Å². The summed E-state index contributed by atoms with van der Waals surface area (Å²) in [5.41, 5.74) is 3.43. The van der Waals surface area contributed by atoms with Crippen LogP contribution in [0, 0.1) is 19.8 Å². The van der Waals surface area contributed by atoms with Crippen LogP contribution in [0.25, 0.3) is 0 Å². The molecule has 2 aromatic carbocycles. The minimum Gasteiger partial charge on any atom is -0.352 e. The van der Waals surface area contributed by atoms with Crippen LogP contribution in [-0.4, -0.2) is 37.4 Å². The summed E-state index contributed by atoms with van der Waals surface area (Å²) in [6.07, 6.45) is 2.07. The first-order valence-corrected chi connectivity index (χ1v) is 10.0. The number of nitrogens with zero attached hydrogens (tertiary/aromatic N) is 1. The van der Waals surface area contributed by atoms with Gasteiger partial charge in [-0.3, -0.25) is 14.4 Å². The van der Waals surface area contributed by atoms with E-state index >= 15 is 0 Å². The molecule has 0 aromatic heterocycles. The molecule has 150 valence electrons. The number of aryl methyl sites for hydroxylation is 2. The Hall–Kier alpha value is -2.99. The molecule has 4 rings (SSSR count). The number of amides is 3. The highest BCUT2D eigenvalue weighted by Crippen LogP contribution is 2.31. The topological polar surface area (TPSA) is 78.5 Å². The van der Waals surface area contributed by atoms with Gasteiger partial charge in [0.1, 0.15) is 0 Å². The Labute approximate surface area is 170 Å². The first-order valence-electron chi connectivity index (χ1n) is 10.0. The van der Waals surface area contributed by atoms with Gasteiger partial charge in [-0.05, 0) is 81.1 Å². The molecule has 2 N–H and O–H groups in total. The number of hydrogen-bond acceptors (Lipinski definition) is 4. The maximum Gasteiger partial charge on any atom is 0.266 e. The van der Waals surface area contributed by atoms with Gasteiger partial charge in [0, 0.05) is 12.1 Å². The Balaban J connectivity index is 1.52. The van der Waals surface area contributed by atoms with Gasteiger partial charge in [-0.25, -0.2) is 4.90 Å². The van der Waals surface area contributed by atoms with Crippen molar-refractivity contribution in [2.45, 2.75) is 26.7 Å². The van der Waals surface area contributed by atoms with Crippen molar-refractivity contribution in [3.05, 3.63) is 64.2 Å². The molecular formula is C23H25N3O3. The number of hydrogen-bond donors (Lipinski definition) is 2. The summed E-state index contributed by atoms with van der Waals surface area (Å²) in [6, 6.07) is 10.4. The zero-order valence-electron chi connectivity index (χ0n) is 16.7. The summed E-state index contributed by atoms with van der Waals surface area (Å²) in [5, 5.41) is 6.24. The normalized spacial score (nSPS) is 18.3. The predicted octanol–water partition coefficient (Wildman–Crippen LogP) is 2.83. The summed E-state index contributed by atoms with van der Waals surface area (Å²) in [7, 11) is 0. The fourth-order valence-electron chi connectivity index (χ4n) is 4.01. The van der Waals surface area contributed by atoms with Gasteiger partial charge in [0.25, 0.3) is 17.7 Å². The lowest BCUT2D eigenvalue weighted by atomic mass is 10.0. The van der Waals surface area contributed by atoms with E-state index in [-0.39, 0.29) is 23.3 Å². The molecule has 6 heteroatoms. The van der Waals surface area contributed by atoms with Crippen molar-refractivity contribution >= 4 is 23.4 Å². The van der Waals surface area contributed by atoms with Gasteiger partial charge in [-0.1, -0.05) is 12.1 Å². The number of carbonyl (C=O) groups is 3. The Bertz CT molecular complexity index is 993. The van der Waals surface area contributed by atoms with Gasteiger partial charge in [-0.15, -0.1) is 0 Å². The van der Waals surface area contributed by atoms with Crippen LogP contribution in [0.4, 0.5) is 5.69 Å². The molecular weight excluding hydrogens is 366 g/mol. The lowest BCUT2D eigenvalue weighted by molar-refractivity contribution is 0.0923. The number of benzene rings is 2. The molecule has 1 unspecified atom stereocenters. The van der Waals surface area contributed by atoms with Crippen molar-refractivity contribution in [1.29, 1.82) is 0 Å². The third-order valence-corrected chi connectivity index (χ3v) is 5.75. The average molecular weight is 391 g/mol. The highest BCUT2D eigenvalue weighted by atomic mass is 16.2.